The molecule has 6 nitrogen and oxygen atoms in total. The first-order chi connectivity index (χ1) is 17.1. The van der Waals surface area contributed by atoms with E-state index < -0.39 is 0 Å². The van der Waals surface area contributed by atoms with Crippen LogP contribution in [-0.4, -0.2) is 36.3 Å². The summed E-state index contributed by atoms with van der Waals surface area (Å²) in [4.78, 5) is 15.3. The largest absolute Gasteiger partial charge is 0.497 e. The van der Waals surface area contributed by atoms with Crippen molar-refractivity contribution < 1.29 is 14.2 Å². The number of nitrogens with one attached hydrogen (secondary N) is 1. The Morgan fingerprint density at radius 2 is 1.29 bits per heavy atom. The molecular weight excluding hydrogens is 478 g/mol. The lowest BCUT2D eigenvalue weighted by Gasteiger charge is -2.07. The minimum Gasteiger partial charge on any atom is -0.497 e. The van der Waals surface area contributed by atoms with Gasteiger partial charge in [0, 0.05) is 15.5 Å². The molecule has 1 N–H and O–H groups in total. The van der Waals surface area contributed by atoms with Gasteiger partial charge in [0.05, 0.1) is 26.7 Å². The monoisotopic (exact) mass is 501 g/mol. The van der Waals surface area contributed by atoms with Crippen molar-refractivity contribution in [1.82, 2.24) is 15.0 Å². The molecule has 0 saturated carbocycles. The summed E-state index contributed by atoms with van der Waals surface area (Å²) in [7, 11) is 4.99. The predicted octanol–water partition coefficient (Wildman–Crippen LogP) is 6.95. The maximum absolute atomic E-state index is 5.41. The zero-order valence-electron chi connectivity index (χ0n) is 19.4. The zero-order valence-corrected chi connectivity index (χ0v) is 21.1. The van der Waals surface area contributed by atoms with Crippen molar-refractivity contribution in [3.8, 4) is 28.5 Å². The Kier molecular flexibility index (Phi) is 6.83. The Morgan fingerprint density at radius 3 is 1.91 bits per heavy atom. The van der Waals surface area contributed by atoms with Gasteiger partial charge in [0.15, 0.2) is 5.16 Å². The van der Waals surface area contributed by atoms with Crippen molar-refractivity contribution in [3.63, 3.8) is 0 Å². The maximum Gasteiger partial charge on any atom is 0.195 e. The zero-order chi connectivity index (χ0) is 24.2. The molecule has 8 heteroatoms. The smallest absolute Gasteiger partial charge is 0.195 e. The van der Waals surface area contributed by atoms with Crippen LogP contribution in [0.2, 0.25) is 0 Å². The molecule has 0 atom stereocenters. The summed E-state index contributed by atoms with van der Waals surface area (Å²) in [6.45, 7) is 0. The van der Waals surface area contributed by atoms with Gasteiger partial charge in [0.25, 0.3) is 0 Å². The number of aromatic nitrogens is 3. The van der Waals surface area contributed by atoms with E-state index in [-0.39, 0.29) is 0 Å². The van der Waals surface area contributed by atoms with Crippen molar-refractivity contribution in [2.24, 2.45) is 0 Å². The molecule has 0 unspecified atom stereocenters. The lowest BCUT2D eigenvalue weighted by atomic mass is 10.1. The number of benzene rings is 3. The van der Waals surface area contributed by atoms with Gasteiger partial charge in [0.1, 0.15) is 27.9 Å². The summed E-state index contributed by atoms with van der Waals surface area (Å²) >= 11 is 3.08. The number of hydrogen-bond donors (Lipinski definition) is 1. The minimum absolute atomic E-state index is 0.652. The van der Waals surface area contributed by atoms with Crippen LogP contribution in [0.15, 0.2) is 98.8 Å². The van der Waals surface area contributed by atoms with Crippen molar-refractivity contribution in [2.45, 2.75) is 20.0 Å². The Hall–Kier alpha value is -3.62. The standard InChI is InChI=1S/C27H23N3O3S2/c1-31-18-12-10-17(11-13-18)24-16-23-25(28-24)29-27(35-22-9-5-7-20(15-22)33-3)30-26(23)34-21-8-4-6-19(14-21)32-2/h4-16H,1-3H3,(H,28,29,30). The van der Waals surface area contributed by atoms with Gasteiger partial charge in [-0.1, -0.05) is 23.9 Å². The van der Waals surface area contributed by atoms with Gasteiger partial charge in [-0.2, -0.15) is 0 Å². The Balaban J connectivity index is 1.57. The molecule has 0 aliphatic rings. The van der Waals surface area contributed by atoms with Crippen molar-refractivity contribution in [1.29, 1.82) is 0 Å². The summed E-state index contributed by atoms with van der Waals surface area (Å²) in [5.41, 5.74) is 2.79. The fourth-order valence-electron chi connectivity index (χ4n) is 3.56. The number of H-pyrrole nitrogens is 1. The first-order valence-electron chi connectivity index (χ1n) is 10.8. The number of aromatic amines is 1. The fraction of sp³-hybridized carbons (Fsp3) is 0.111. The van der Waals surface area contributed by atoms with Gasteiger partial charge in [-0.05, 0) is 84.1 Å². The third-order valence-corrected chi connectivity index (χ3v) is 7.19. The first kappa shape index (κ1) is 23.1. The number of hydrogen-bond acceptors (Lipinski definition) is 7. The molecule has 3 aromatic carbocycles. The molecule has 0 saturated heterocycles. The van der Waals surface area contributed by atoms with Gasteiger partial charge < -0.3 is 19.2 Å². The van der Waals surface area contributed by atoms with E-state index in [2.05, 4.69) is 11.1 Å². The lowest BCUT2D eigenvalue weighted by molar-refractivity contribution is 0.413. The third-order valence-electron chi connectivity index (χ3n) is 5.34. The molecule has 5 aromatic rings. The average Bonchev–Trinajstić information content (AvgIpc) is 3.33. The molecule has 5 rings (SSSR count). The van der Waals surface area contributed by atoms with E-state index in [1.165, 1.54) is 11.8 Å². The van der Waals surface area contributed by atoms with E-state index in [9.17, 15) is 0 Å². The molecule has 0 aliphatic carbocycles. The topological polar surface area (TPSA) is 69.3 Å². The number of fused-ring (bicyclic) bond motifs is 1. The molecule has 176 valence electrons. The summed E-state index contributed by atoms with van der Waals surface area (Å²) < 4.78 is 16.1. The van der Waals surface area contributed by atoms with E-state index in [0.717, 1.165) is 54.4 Å². The normalized spacial score (nSPS) is 10.9. The SMILES string of the molecule is COc1ccc(-c2cc3c(Sc4cccc(OC)c4)nc(Sc4cccc(OC)c4)nc3[nH]2)cc1. The highest BCUT2D eigenvalue weighted by Gasteiger charge is 2.15. The highest BCUT2D eigenvalue weighted by Crippen LogP contribution is 2.38. The molecule has 0 bridgehead atoms. The van der Waals surface area contributed by atoms with Gasteiger partial charge in [-0.15, -0.1) is 0 Å². The molecule has 0 aliphatic heterocycles. The van der Waals surface area contributed by atoms with Crippen LogP contribution in [0.1, 0.15) is 0 Å². The second-order valence-corrected chi connectivity index (χ2v) is 9.65. The highest BCUT2D eigenvalue weighted by molar-refractivity contribution is 8.00. The quantitative estimate of drug-likeness (QED) is 0.182. The van der Waals surface area contributed by atoms with Gasteiger partial charge in [-0.3, -0.25) is 0 Å². The van der Waals surface area contributed by atoms with Crippen LogP contribution < -0.4 is 14.2 Å². The average molecular weight is 502 g/mol. The van der Waals surface area contributed by atoms with Crippen LogP contribution in [-0.2, 0) is 0 Å². The van der Waals surface area contributed by atoms with Crippen LogP contribution in [0, 0.1) is 0 Å². The Bertz CT molecular complexity index is 1470. The fourth-order valence-corrected chi connectivity index (χ4v) is 5.37. The molecule has 0 fully saturated rings. The van der Waals surface area contributed by atoms with E-state index in [4.69, 9.17) is 24.2 Å². The van der Waals surface area contributed by atoms with E-state index in [0.29, 0.717) is 5.16 Å². The minimum atomic E-state index is 0.652. The Morgan fingerprint density at radius 1 is 0.657 bits per heavy atom. The molecule has 2 heterocycles. The Labute approximate surface area is 212 Å². The molecular formula is C27H23N3O3S2. The molecule has 0 spiro atoms. The molecule has 35 heavy (non-hydrogen) atoms. The van der Waals surface area contributed by atoms with Gasteiger partial charge >= 0.3 is 0 Å². The summed E-state index contributed by atoms with van der Waals surface area (Å²) in [6, 6.07) is 25.9. The summed E-state index contributed by atoms with van der Waals surface area (Å²) in [5.74, 6) is 2.42. The van der Waals surface area contributed by atoms with Crippen molar-refractivity contribution >= 4 is 34.6 Å². The van der Waals surface area contributed by atoms with Gasteiger partial charge in [0.2, 0.25) is 0 Å². The van der Waals surface area contributed by atoms with Crippen LogP contribution in [0.4, 0.5) is 0 Å². The third kappa shape index (κ3) is 5.23. The molecule has 2 aromatic heterocycles. The highest BCUT2D eigenvalue weighted by atomic mass is 32.2. The van der Waals surface area contributed by atoms with E-state index in [1.807, 2.05) is 72.8 Å². The maximum atomic E-state index is 5.41. The number of ether oxygens (including phenoxy) is 3. The summed E-state index contributed by atoms with van der Waals surface area (Å²) in [5, 5.41) is 2.47. The first-order valence-corrected chi connectivity index (χ1v) is 12.5. The lowest BCUT2D eigenvalue weighted by Crippen LogP contribution is -1.92. The second-order valence-electron chi connectivity index (χ2n) is 7.55. The van der Waals surface area contributed by atoms with Crippen LogP contribution >= 0.6 is 23.5 Å². The van der Waals surface area contributed by atoms with Crippen molar-refractivity contribution in [3.05, 3.63) is 78.9 Å². The van der Waals surface area contributed by atoms with Gasteiger partial charge in [-0.25, -0.2) is 9.97 Å². The summed E-state index contributed by atoms with van der Waals surface area (Å²) in [6.07, 6.45) is 0. The van der Waals surface area contributed by atoms with Crippen LogP contribution in [0.25, 0.3) is 22.3 Å². The number of rotatable bonds is 8. The van der Waals surface area contributed by atoms with E-state index >= 15 is 0 Å². The van der Waals surface area contributed by atoms with E-state index in [1.54, 1.807) is 33.1 Å². The molecule has 0 radical (unpaired) electrons. The van der Waals surface area contributed by atoms with Crippen LogP contribution in [0.3, 0.4) is 0 Å². The number of methoxy groups -OCH3 is 3. The predicted molar refractivity (Wildman–Crippen MR) is 140 cm³/mol. The van der Waals surface area contributed by atoms with Crippen LogP contribution in [0.5, 0.6) is 17.2 Å². The number of nitrogens with zero attached hydrogens (tertiary/aromatic N) is 2. The second kappa shape index (κ2) is 10.3. The van der Waals surface area contributed by atoms with Crippen molar-refractivity contribution in [2.75, 3.05) is 21.3 Å². The molecule has 0 amide bonds.